The number of para-hydroxylation sites is 2. The Morgan fingerprint density at radius 1 is 0.651 bits per heavy atom. The van der Waals surface area contributed by atoms with Crippen molar-refractivity contribution in [2.45, 2.75) is 6.54 Å². The van der Waals surface area contributed by atoms with E-state index in [1.807, 2.05) is 18.2 Å². The number of benzene rings is 6. The maximum absolute atomic E-state index is 5.07. The molecule has 0 atom stereocenters. The van der Waals surface area contributed by atoms with Gasteiger partial charge in [-0.3, -0.25) is 9.89 Å². The molecule has 0 unspecified atom stereocenters. The second-order valence-electron chi connectivity index (χ2n) is 10.6. The van der Waals surface area contributed by atoms with Crippen LogP contribution in [0.1, 0.15) is 5.56 Å². The van der Waals surface area contributed by atoms with Crippen LogP contribution in [0.5, 0.6) is 0 Å². The lowest BCUT2D eigenvalue weighted by Crippen LogP contribution is -2.27. The molecule has 0 saturated carbocycles. The lowest BCUT2D eigenvalue weighted by Gasteiger charge is -2.32. The molecule has 1 aliphatic heterocycles. The quantitative estimate of drug-likeness (QED) is 0.158. The van der Waals surface area contributed by atoms with Crippen molar-refractivity contribution in [1.82, 2.24) is 4.57 Å². The third kappa shape index (κ3) is 4.05. The van der Waals surface area contributed by atoms with E-state index in [1.165, 1.54) is 39.0 Å². The Bertz CT molecular complexity index is 2220. The summed E-state index contributed by atoms with van der Waals surface area (Å²) in [4.78, 5) is 16.0. The SMILES string of the molecule is C=N/C=N\C(=NCc1ccccc1)N1c2cc3c(cc2-c2cccc4cccc1c24)c1ccccc1n3-c1ccccc1. The Hall–Kier alpha value is -5.81. The van der Waals surface area contributed by atoms with Gasteiger partial charge in [-0.2, -0.15) is 0 Å². The highest BCUT2D eigenvalue weighted by molar-refractivity contribution is 6.23. The van der Waals surface area contributed by atoms with Crippen LogP contribution in [-0.2, 0) is 6.54 Å². The maximum Gasteiger partial charge on any atom is 0.231 e. The number of anilines is 2. The first-order valence-corrected chi connectivity index (χ1v) is 14.3. The van der Waals surface area contributed by atoms with Crippen LogP contribution in [0.25, 0.3) is 49.4 Å². The molecule has 8 rings (SSSR count). The van der Waals surface area contributed by atoms with Gasteiger partial charge in [0, 0.05) is 27.4 Å². The summed E-state index contributed by atoms with van der Waals surface area (Å²) in [6.07, 6.45) is 1.48. The van der Waals surface area contributed by atoms with Gasteiger partial charge in [0.1, 0.15) is 6.34 Å². The van der Waals surface area contributed by atoms with E-state index in [9.17, 15) is 0 Å². The van der Waals surface area contributed by atoms with Gasteiger partial charge in [0.15, 0.2) is 0 Å². The summed E-state index contributed by atoms with van der Waals surface area (Å²) >= 11 is 0. The van der Waals surface area contributed by atoms with E-state index in [2.05, 4.69) is 136 Å². The summed E-state index contributed by atoms with van der Waals surface area (Å²) in [5.74, 6) is 0.557. The van der Waals surface area contributed by atoms with Crippen LogP contribution in [0.2, 0.25) is 0 Å². The highest BCUT2D eigenvalue weighted by Crippen LogP contribution is 2.50. The summed E-state index contributed by atoms with van der Waals surface area (Å²) in [5, 5.41) is 4.77. The van der Waals surface area contributed by atoms with Crippen LogP contribution in [0, 0.1) is 0 Å². The van der Waals surface area contributed by atoms with Gasteiger partial charge < -0.3 is 4.57 Å². The minimum atomic E-state index is 0.487. The lowest BCUT2D eigenvalue weighted by molar-refractivity contribution is 1.05. The van der Waals surface area contributed by atoms with E-state index in [0.29, 0.717) is 12.5 Å². The van der Waals surface area contributed by atoms with Gasteiger partial charge in [-0.25, -0.2) is 9.98 Å². The number of nitrogens with zero attached hydrogens (tertiary/aromatic N) is 5. The van der Waals surface area contributed by atoms with Crippen LogP contribution in [0.15, 0.2) is 148 Å². The molecular formula is C38H27N5. The molecule has 5 nitrogen and oxygen atoms in total. The zero-order valence-electron chi connectivity index (χ0n) is 23.4. The highest BCUT2D eigenvalue weighted by Gasteiger charge is 2.29. The number of fused-ring (bicyclic) bond motifs is 5. The first-order chi connectivity index (χ1) is 21.3. The molecule has 0 N–H and O–H groups in total. The molecule has 0 radical (unpaired) electrons. The van der Waals surface area contributed by atoms with Crippen molar-refractivity contribution in [3.05, 3.63) is 139 Å². The van der Waals surface area contributed by atoms with Crippen LogP contribution < -0.4 is 4.90 Å². The average molecular weight is 554 g/mol. The van der Waals surface area contributed by atoms with Gasteiger partial charge in [0.25, 0.3) is 0 Å². The second kappa shape index (κ2) is 10.2. The summed E-state index contributed by atoms with van der Waals surface area (Å²) in [5.41, 5.74) is 8.91. The zero-order valence-corrected chi connectivity index (χ0v) is 23.4. The minimum Gasteiger partial charge on any atom is -0.309 e. The van der Waals surface area contributed by atoms with Crippen LogP contribution >= 0.6 is 0 Å². The largest absolute Gasteiger partial charge is 0.309 e. The average Bonchev–Trinajstić information content (AvgIpc) is 3.39. The molecule has 43 heavy (non-hydrogen) atoms. The van der Waals surface area contributed by atoms with Gasteiger partial charge in [-0.15, -0.1) is 0 Å². The van der Waals surface area contributed by atoms with Crippen molar-refractivity contribution >= 4 is 63.0 Å². The van der Waals surface area contributed by atoms with E-state index in [-0.39, 0.29) is 0 Å². The Morgan fingerprint density at radius 3 is 2.21 bits per heavy atom. The van der Waals surface area contributed by atoms with Crippen LogP contribution in [0.3, 0.4) is 0 Å². The summed E-state index contributed by atoms with van der Waals surface area (Å²) in [6, 6.07) is 47.0. The number of aromatic nitrogens is 1. The summed E-state index contributed by atoms with van der Waals surface area (Å²) in [6.45, 7) is 4.14. The van der Waals surface area contributed by atoms with Crippen molar-refractivity contribution in [1.29, 1.82) is 0 Å². The zero-order chi connectivity index (χ0) is 28.8. The monoisotopic (exact) mass is 553 g/mol. The molecule has 0 aliphatic carbocycles. The Morgan fingerprint density at radius 2 is 1.40 bits per heavy atom. The van der Waals surface area contributed by atoms with E-state index >= 15 is 0 Å². The molecule has 0 bridgehead atoms. The van der Waals surface area contributed by atoms with Crippen LogP contribution in [0.4, 0.5) is 11.4 Å². The third-order valence-corrected chi connectivity index (χ3v) is 8.16. The minimum absolute atomic E-state index is 0.487. The van der Waals surface area contributed by atoms with Gasteiger partial charge in [-0.1, -0.05) is 97.1 Å². The Balaban J connectivity index is 1.47. The first-order valence-electron chi connectivity index (χ1n) is 14.3. The van der Waals surface area contributed by atoms with E-state index < -0.39 is 0 Å². The summed E-state index contributed by atoms with van der Waals surface area (Å²) in [7, 11) is 0. The molecule has 2 heterocycles. The predicted molar refractivity (Wildman–Crippen MR) is 181 cm³/mol. The fraction of sp³-hybridized carbons (Fsp3) is 0.0263. The van der Waals surface area contributed by atoms with Crippen molar-refractivity contribution in [2.75, 3.05) is 4.90 Å². The number of aliphatic imine (C=N–C) groups is 3. The Labute approximate surface area is 249 Å². The molecule has 5 heteroatoms. The molecule has 6 aromatic carbocycles. The number of hydrogen-bond donors (Lipinski definition) is 0. The number of guanidine groups is 1. The normalized spacial score (nSPS) is 12.8. The molecule has 204 valence electrons. The number of rotatable bonds is 4. The van der Waals surface area contributed by atoms with Gasteiger partial charge in [0.2, 0.25) is 5.96 Å². The molecule has 7 aromatic rings. The third-order valence-electron chi connectivity index (χ3n) is 8.16. The fourth-order valence-corrected chi connectivity index (χ4v) is 6.34. The molecular weight excluding hydrogens is 526 g/mol. The smallest absolute Gasteiger partial charge is 0.231 e. The molecule has 1 aromatic heterocycles. The van der Waals surface area contributed by atoms with E-state index in [0.717, 1.165) is 33.7 Å². The standard InChI is InChI=1S/C38H27N5/c1-39-25-41-38(40-24-26-12-4-2-5-13-26)43-34-21-11-15-27-14-10-19-30(37(27)34)32-22-31-29-18-8-9-20-33(29)42(35(31)23-36(32)43)28-16-6-3-7-17-28/h2-23,25H,1,24H2/b40-38?,41-25-. The van der Waals surface area contributed by atoms with Crippen molar-refractivity contribution in [2.24, 2.45) is 15.0 Å². The predicted octanol–water partition coefficient (Wildman–Crippen LogP) is 9.34. The van der Waals surface area contributed by atoms with Crippen molar-refractivity contribution in [3.63, 3.8) is 0 Å². The molecule has 1 aliphatic rings. The Kier molecular flexibility index (Phi) is 5.93. The topological polar surface area (TPSA) is 45.2 Å². The molecule has 0 amide bonds. The van der Waals surface area contributed by atoms with Crippen molar-refractivity contribution in [3.8, 4) is 16.8 Å². The fourth-order valence-electron chi connectivity index (χ4n) is 6.34. The maximum atomic E-state index is 5.07. The highest BCUT2D eigenvalue weighted by atomic mass is 15.3. The van der Waals surface area contributed by atoms with Gasteiger partial charge in [0.05, 0.1) is 29.0 Å². The lowest BCUT2D eigenvalue weighted by atomic mass is 9.90. The van der Waals surface area contributed by atoms with Crippen molar-refractivity contribution < 1.29 is 0 Å². The number of hydrogen-bond acceptors (Lipinski definition) is 1. The van der Waals surface area contributed by atoms with E-state index in [1.54, 1.807) is 0 Å². The second-order valence-corrected chi connectivity index (χ2v) is 10.6. The van der Waals surface area contributed by atoms with Crippen LogP contribution in [-0.4, -0.2) is 23.6 Å². The van der Waals surface area contributed by atoms with Gasteiger partial charge >= 0.3 is 0 Å². The summed E-state index contributed by atoms with van der Waals surface area (Å²) < 4.78 is 2.35. The van der Waals surface area contributed by atoms with E-state index in [4.69, 9.17) is 9.98 Å². The molecule has 0 spiro atoms. The molecule has 0 saturated heterocycles. The molecule has 0 fully saturated rings. The first kappa shape index (κ1) is 24.9. The van der Waals surface area contributed by atoms with Gasteiger partial charge in [-0.05, 0) is 59.6 Å².